The number of alkyl halides is 2. The smallest absolute Gasteiger partial charge is 0.223 e. The van der Waals surface area contributed by atoms with Crippen LogP contribution in [0.3, 0.4) is 0 Å². The second kappa shape index (κ2) is 7.71. The first kappa shape index (κ1) is 23.0. The Bertz CT molecular complexity index is 797. The van der Waals surface area contributed by atoms with Gasteiger partial charge in [-0.1, -0.05) is 31.9 Å². The van der Waals surface area contributed by atoms with Gasteiger partial charge in [-0.15, -0.1) is 0 Å². The molecule has 6 heteroatoms. The lowest BCUT2D eigenvalue weighted by Crippen LogP contribution is -2.57. The van der Waals surface area contributed by atoms with E-state index in [0.29, 0.717) is 20.5 Å². The van der Waals surface area contributed by atoms with Crippen LogP contribution in [0, 0.1) is 34.5 Å². The molecule has 9 rings (SSSR count). The minimum atomic E-state index is 0.238. The van der Waals surface area contributed by atoms with Gasteiger partial charge in [-0.05, 0) is 112 Å². The van der Waals surface area contributed by atoms with Gasteiger partial charge in [0.05, 0.1) is 0 Å². The standard InChI is InChI=1S/C28H40Br2N2O2/c29-27-11-19-5-20(12-27)8-25(7-19,17-27)15-23(33)31-1-2-32(4-3-31)24(34)16-26-9-21-6-22(10-26)14-28(30,13-21)18-26/h19-22H,1-18H2/t19-,20+,21-,22+,25?,26?,27?,28?. The second-order valence-corrected chi connectivity index (χ2v) is 17.7. The van der Waals surface area contributed by atoms with Gasteiger partial charge in [0.1, 0.15) is 0 Å². The largest absolute Gasteiger partial charge is 0.339 e. The Morgan fingerprint density at radius 1 is 0.588 bits per heavy atom. The van der Waals surface area contributed by atoms with Crippen LogP contribution < -0.4 is 0 Å². The topological polar surface area (TPSA) is 40.6 Å². The van der Waals surface area contributed by atoms with E-state index in [1.165, 1.54) is 77.0 Å². The van der Waals surface area contributed by atoms with Gasteiger partial charge in [0.15, 0.2) is 0 Å². The minimum absolute atomic E-state index is 0.238. The summed E-state index contributed by atoms with van der Waals surface area (Å²) in [6.45, 7) is 2.92. The summed E-state index contributed by atoms with van der Waals surface area (Å²) in [5, 5.41) is 0. The summed E-state index contributed by atoms with van der Waals surface area (Å²) in [5.74, 6) is 4.01. The molecule has 34 heavy (non-hydrogen) atoms. The fourth-order valence-corrected chi connectivity index (χ4v) is 14.2. The maximum absolute atomic E-state index is 13.4. The van der Waals surface area contributed by atoms with Gasteiger partial charge in [-0.3, -0.25) is 9.59 Å². The van der Waals surface area contributed by atoms with Crippen LogP contribution in [-0.2, 0) is 9.59 Å². The van der Waals surface area contributed by atoms with Crippen molar-refractivity contribution in [2.75, 3.05) is 26.2 Å². The molecule has 0 N–H and O–H groups in total. The van der Waals surface area contributed by atoms with Crippen LogP contribution in [0.2, 0.25) is 0 Å². The van der Waals surface area contributed by atoms with Gasteiger partial charge in [0, 0.05) is 47.7 Å². The van der Waals surface area contributed by atoms with Crippen molar-refractivity contribution in [3.63, 3.8) is 0 Å². The first-order valence-corrected chi connectivity index (χ1v) is 15.6. The monoisotopic (exact) mass is 594 g/mol. The Hall–Kier alpha value is -0.100. The summed E-state index contributed by atoms with van der Waals surface area (Å²) < 4.78 is 0.626. The first-order chi connectivity index (χ1) is 16.1. The molecular formula is C28H40Br2N2O2. The Morgan fingerprint density at radius 3 is 1.21 bits per heavy atom. The Morgan fingerprint density at radius 2 is 0.912 bits per heavy atom. The van der Waals surface area contributed by atoms with Crippen molar-refractivity contribution >= 4 is 43.7 Å². The van der Waals surface area contributed by atoms with Crippen molar-refractivity contribution in [1.82, 2.24) is 9.80 Å². The maximum Gasteiger partial charge on any atom is 0.223 e. The van der Waals surface area contributed by atoms with Gasteiger partial charge < -0.3 is 9.80 Å². The zero-order chi connectivity index (χ0) is 23.3. The average Bonchev–Trinajstić information content (AvgIpc) is 2.69. The van der Waals surface area contributed by atoms with E-state index in [4.69, 9.17) is 0 Å². The zero-order valence-electron chi connectivity index (χ0n) is 20.5. The molecule has 8 aliphatic carbocycles. The van der Waals surface area contributed by atoms with Crippen molar-refractivity contribution in [2.24, 2.45) is 34.5 Å². The normalized spacial score (nSPS) is 50.8. The van der Waals surface area contributed by atoms with Crippen LogP contribution in [0.15, 0.2) is 0 Å². The van der Waals surface area contributed by atoms with Crippen LogP contribution in [0.25, 0.3) is 0 Å². The highest BCUT2D eigenvalue weighted by Crippen LogP contribution is 2.66. The van der Waals surface area contributed by atoms with Gasteiger partial charge >= 0.3 is 0 Å². The van der Waals surface area contributed by atoms with E-state index >= 15 is 0 Å². The highest BCUT2D eigenvalue weighted by atomic mass is 79.9. The van der Waals surface area contributed by atoms with Gasteiger partial charge in [-0.25, -0.2) is 0 Å². The van der Waals surface area contributed by atoms with Gasteiger partial charge in [-0.2, -0.15) is 0 Å². The molecule has 0 spiro atoms. The molecular weight excluding hydrogens is 556 g/mol. The fourth-order valence-electron chi connectivity index (χ4n) is 11.2. The van der Waals surface area contributed by atoms with E-state index in [-0.39, 0.29) is 10.8 Å². The third-order valence-corrected chi connectivity index (χ3v) is 13.1. The van der Waals surface area contributed by atoms with E-state index in [0.717, 1.165) is 62.7 Å². The number of nitrogens with zero attached hydrogens (tertiary/aromatic N) is 2. The molecule has 1 heterocycles. The summed E-state index contributed by atoms with van der Waals surface area (Å²) in [5.41, 5.74) is 0.476. The maximum atomic E-state index is 13.4. The number of rotatable bonds is 4. The molecule has 8 saturated carbocycles. The molecule has 0 radical (unpaired) electrons. The minimum Gasteiger partial charge on any atom is -0.339 e. The van der Waals surface area contributed by atoms with E-state index < -0.39 is 0 Å². The summed E-state index contributed by atoms with van der Waals surface area (Å²) in [7, 11) is 0. The predicted octanol–water partition coefficient (Wildman–Crippen LogP) is 5.91. The van der Waals surface area contributed by atoms with E-state index in [9.17, 15) is 9.59 Å². The Labute approximate surface area is 221 Å². The van der Waals surface area contributed by atoms with Gasteiger partial charge in [0.2, 0.25) is 11.8 Å². The van der Waals surface area contributed by atoms with Crippen LogP contribution in [-0.4, -0.2) is 56.4 Å². The molecule has 1 aliphatic heterocycles. The quantitative estimate of drug-likeness (QED) is 0.379. The first-order valence-electron chi connectivity index (χ1n) is 14.1. The number of amides is 2. The summed E-state index contributed by atoms with van der Waals surface area (Å²) in [6, 6.07) is 0. The SMILES string of the molecule is O=C(CC12C[C@@H]3C[C@@H](CC(Br)(C3)C1)C2)N1CCN(C(=O)CC23C[C@@H]4C[C@@H](CC(Br)(C4)C2)C3)CC1. The van der Waals surface area contributed by atoms with Crippen LogP contribution in [0.1, 0.15) is 89.9 Å². The molecule has 0 aromatic rings. The van der Waals surface area contributed by atoms with E-state index in [1.807, 2.05) is 0 Å². The number of piperazine rings is 1. The lowest BCUT2D eigenvalue weighted by Gasteiger charge is -2.60. The lowest BCUT2D eigenvalue weighted by molar-refractivity contribution is -0.147. The van der Waals surface area contributed by atoms with Crippen molar-refractivity contribution in [2.45, 2.75) is 98.5 Å². The molecule has 9 aliphatic rings. The van der Waals surface area contributed by atoms with Crippen molar-refractivity contribution in [3.05, 3.63) is 0 Å². The highest BCUT2D eigenvalue weighted by molar-refractivity contribution is 9.10. The highest BCUT2D eigenvalue weighted by Gasteiger charge is 2.58. The van der Waals surface area contributed by atoms with Crippen LogP contribution >= 0.6 is 31.9 Å². The molecule has 2 amide bonds. The molecule has 1 saturated heterocycles. The fraction of sp³-hybridized carbons (Fsp3) is 0.929. The summed E-state index contributed by atoms with van der Waals surface area (Å²) in [4.78, 5) is 31.0. The number of carbonyl (C=O) groups excluding carboxylic acids is 2. The van der Waals surface area contributed by atoms with Crippen molar-refractivity contribution in [3.8, 4) is 0 Å². The third kappa shape index (κ3) is 3.94. The van der Waals surface area contributed by atoms with Gasteiger partial charge in [0.25, 0.3) is 0 Å². The average molecular weight is 596 g/mol. The summed E-state index contributed by atoms with van der Waals surface area (Å²) in [6.07, 6.45) is 17.0. The Balaban J connectivity index is 0.950. The molecule has 9 fully saturated rings. The van der Waals surface area contributed by atoms with E-state index in [2.05, 4.69) is 41.7 Å². The second-order valence-electron chi connectivity index (χ2n) is 14.3. The number of halogens is 2. The molecule has 4 nitrogen and oxygen atoms in total. The van der Waals surface area contributed by atoms with Crippen molar-refractivity contribution in [1.29, 1.82) is 0 Å². The molecule has 8 atom stereocenters. The van der Waals surface area contributed by atoms with Crippen LogP contribution in [0.4, 0.5) is 0 Å². The van der Waals surface area contributed by atoms with Crippen LogP contribution in [0.5, 0.6) is 0 Å². The number of hydrogen-bond donors (Lipinski definition) is 0. The summed E-state index contributed by atoms with van der Waals surface area (Å²) >= 11 is 8.20. The van der Waals surface area contributed by atoms with E-state index in [1.54, 1.807) is 0 Å². The lowest BCUT2D eigenvalue weighted by atomic mass is 9.48. The Kier molecular flexibility index (Phi) is 5.23. The number of hydrogen-bond acceptors (Lipinski definition) is 2. The zero-order valence-corrected chi connectivity index (χ0v) is 23.7. The molecule has 0 aromatic carbocycles. The molecule has 4 unspecified atom stereocenters. The number of carbonyl (C=O) groups is 2. The molecule has 0 aromatic heterocycles. The molecule has 188 valence electrons. The molecule has 8 bridgehead atoms. The third-order valence-electron chi connectivity index (χ3n) is 11.3. The van der Waals surface area contributed by atoms with Crippen molar-refractivity contribution < 1.29 is 9.59 Å². The predicted molar refractivity (Wildman–Crippen MR) is 140 cm³/mol.